The maximum atomic E-state index is 12.4. The third-order valence-electron chi connectivity index (χ3n) is 5.96. The Morgan fingerprint density at radius 2 is 1.62 bits per heavy atom. The molecule has 1 aliphatic carbocycles. The van der Waals surface area contributed by atoms with E-state index in [1.165, 1.54) is 0 Å². The van der Waals surface area contributed by atoms with Crippen molar-refractivity contribution in [2.75, 3.05) is 13.1 Å². The quantitative estimate of drug-likeness (QED) is 0.672. The Hall–Kier alpha value is -3.08. The van der Waals surface area contributed by atoms with Gasteiger partial charge in [-0.3, -0.25) is 9.78 Å². The average molecular weight is 384 g/mol. The summed E-state index contributed by atoms with van der Waals surface area (Å²) in [6.45, 7) is 1.64. The third kappa shape index (κ3) is 3.77. The Morgan fingerprint density at radius 3 is 2.31 bits per heavy atom. The largest absolute Gasteiger partial charge is 0.342 e. The van der Waals surface area contributed by atoms with Crippen LogP contribution in [-0.2, 0) is 4.79 Å². The summed E-state index contributed by atoms with van der Waals surface area (Å²) in [5, 5.41) is 0. The number of hydrogen-bond donors (Lipinski definition) is 0. The molecular weight excluding hydrogens is 360 g/mol. The maximum absolute atomic E-state index is 12.4. The number of piperidine rings is 1. The minimum Gasteiger partial charge on any atom is -0.342 e. The fourth-order valence-corrected chi connectivity index (χ4v) is 4.15. The topological polar surface area (TPSA) is 59.0 Å². The smallest absolute Gasteiger partial charge is 0.225 e. The normalized spacial score (nSPS) is 17.3. The zero-order valence-electron chi connectivity index (χ0n) is 16.4. The molecule has 0 bridgehead atoms. The first-order chi connectivity index (χ1) is 14.3. The van der Waals surface area contributed by atoms with Gasteiger partial charge in [-0.1, -0.05) is 30.3 Å². The number of rotatable bonds is 4. The predicted octanol–water partition coefficient (Wildman–Crippen LogP) is 4.32. The van der Waals surface area contributed by atoms with Crippen molar-refractivity contribution in [1.82, 2.24) is 19.9 Å². The monoisotopic (exact) mass is 384 g/mol. The second-order valence-electron chi connectivity index (χ2n) is 7.97. The van der Waals surface area contributed by atoms with Crippen LogP contribution in [0, 0.1) is 5.92 Å². The predicted molar refractivity (Wildman–Crippen MR) is 112 cm³/mol. The van der Waals surface area contributed by atoms with Crippen LogP contribution in [0.15, 0.2) is 61.1 Å². The van der Waals surface area contributed by atoms with Crippen molar-refractivity contribution in [2.45, 2.75) is 31.6 Å². The van der Waals surface area contributed by atoms with E-state index in [9.17, 15) is 4.79 Å². The van der Waals surface area contributed by atoms with Crippen molar-refractivity contribution in [1.29, 1.82) is 0 Å². The number of pyridine rings is 1. The first-order valence-electron chi connectivity index (χ1n) is 10.4. The summed E-state index contributed by atoms with van der Waals surface area (Å²) in [5.74, 6) is 1.73. The number of carbonyl (C=O) groups is 1. The number of hydrogen-bond acceptors (Lipinski definition) is 4. The van der Waals surface area contributed by atoms with E-state index < -0.39 is 0 Å². The van der Waals surface area contributed by atoms with Crippen LogP contribution < -0.4 is 0 Å². The highest BCUT2D eigenvalue weighted by Crippen LogP contribution is 2.37. The second-order valence-corrected chi connectivity index (χ2v) is 7.97. The molecule has 1 amide bonds. The molecule has 0 atom stereocenters. The zero-order valence-corrected chi connectivity index (χ0v) is 16.4. The molecule has 5 rings (SSSR count). The second kappa shape index (κ2) is 7.74. The van der Waals surface area contributed by atoms with E-state index >= 15 is 0 Å². The lowest BCUT2D eigenvalue weighted by Gasteiger charge is -2.32. The standard InChI is InChI=1S/C24H24N4O/c29-24(20-6-7-20)28-14-10-18(11-15-28)22-21(17-8-12-25-13-9-17)16-26-23(27-22)19-4-2-1-3-5-19/h1-5,8-9,12-13,16,18,20H,6-7,10-11,14-15H2. The van der Waals surface area contributed by atoms with Gasteiger partial charge in [0.25, 0.3) is 0 Å². The van der Waals surface area contributed by atoms with Crippen LogP contribution in [0.3, 0.4) is 0 Å². The highest BCUT2D eigenvalue weighted by atomic mass is 16.2. The molecule has 0 spiro atoms. The van der Waals surface area contributed by atoms with Gasteiger partial charge in [0, 0.05) is 54.6 Å². The summed E-state index contributed by atoms with van der Waals surface area (Å²) in [4.78, 5) is 28.3. The first-order valence-corrected chi connectivity index (χ1v) is 10.4. The number of amides is 1. The molecule has 1 aromatic carbocycles. The van der Waals surface area contributed by atoms with Gasteiger partial charge in [-0.15, -0.1) is 0 Å². The van der Waals surface area contributed by atoms with E-state index in [-0.39, 0.29) is 0 Å². The number of carbonyl (C=O) groups excluding carboxylic acids is 1. The van der Waals surface area contributed by atoms with Crippen LogP contribution in [-0.4, -0.2) is 38.8 Å². The van der Waals surface area contributed by atoms with Crippen molar-refractivity contribution < 1.29 is 4.79 Å². The van der Waals surface area contributed by atoms with Crippen LogP contribution >= 0.6 is 0 Å². The summed E-state index contributed by atoms with van der Waals surface area (Å²) >= 11 is 0. The van der Waals surface area contributed by atoms with Gasteiger partial charge in [-0.2, -0.15) is 0 Å². The van der Waals surface area contributed by atoms with Gasteiger partial charge < -0.3 is 4.90 Å². The highest BCUT2D eigenvalue weighted by molar-refractivity contribution is 5.81. The van der Waals surface area contributed by atoms with Crippen LogP contribution in [0.5, 0.6) is 0 Å². The molecule has 1 saturated heterocycles. The lowest BCUT2D eigenvalue weighted by atomic mass is 9.88. The molecular formula is C24H24N4O. The molecule has 2 aromatic heterocycles. The van der Waals surface area contributed by atoms with E-state index in [1.54, 1.807) is 12.4 Å². The molecule has 29 heavy (non-hydrogen) atoms. The maximum Gasteiger partial charge on any atom is 0.225 e. The average Bonchev–Trinajstić information content (AvgIpc) is 3.65. The lowest BCUT2D eigenvalue weighted by Crippen LogP contribution is -2.39. The molecule has 2 fully saturated rings. The summed E-state index contributed by atoms with van der Waals surface area (Å²) in [6.07, 6.45) is 9.59. The van der Waals surface area contributed by atoms with Gasteiger partial charge in [0.05, 0.1) is 5.69 Å². The summed E-state index contributed by atoms with van der Waals surface area (Å²) < 4.78 is 0. The molecule has 5 nitrogen and oxygen atoms in total. The molecule has 5 heteroatoms. The summed E-state index contributed by atoms with van der Waals surface area (Å²) in [7, 11) is 0. The van der Waals surface area contributed by atoms with Crippen molar-refractivity contribution in [3.63, 3.8) is 0 Å². The van der Waals surface area contributed by atoms with E-state index in [1.807, 2.05) is 48.7 Å². The van der Waals surface area contributed by atoms with Crippen molar-refractivity contribution in [3.05, 3.63) is 66.7 Å². The van der Waals surface area contributed by atoms with Gasteiger partial charge >= 0.3 is 0 Å². The Labute approximate surface area is 170 Å². The van der Waals surface area contributed by atoms with Gasteiger partial charge in [0.1, 0.15) is 0 Å². The van der Waals surface area contributed by atoms with Crippen LogP contribution in [0.25, 0.3) is 22.5 Å². The Morgan fingerprint density at radius 1 is 0.897 bits per heavy atom. The van der Waals surface area contributed by atoms with Crippen molar-refractivity contribution in [3.8, 4) is 22.5 Å². The molecule has 3 heterocycles. The molecule has 146 valence electrons. The fraction of sp³-hybridized carbons (Fsp3) is 0.333. The van der Waals surface area contributed by atoms with Crippen molar-refractivity contribution in [2.24, 2.45) is 5.92 Å². The van der Waals surface area contributed by atoms with Gasteiger partial charge in [-0.25, -0.2) is 9.97 Å². The van der Waals surface area contributed by atoms with Gasteiger partial charge in [0.2, 0.25) is 5.91 Å². The van der Waals surface area contributed by atoms with E-state index in [2.05, 4.69) is 14.9 Å². The van der Waals surface area contributed by atoms with E-state index in [0.717, 1.165) is 67.0 Å². The van der Waals surface area contributed by atoms with E-state index in [0.29, 0.717) is 17.7 Å². The summed E-state index contributed by atoms with van der Waals surface area (Å²) in [6, 6.07) is 14.1. The molecule has 0 radical (unpaired) electrons. The first kappa shape index (κ1) is 18.0. The molecule has 0 unspecified atom stereocenters. The van der Waals surface area contributed by atoms with Crippen LogP contribution in [0.1, 0.15) is 37.3 Å². The Bertz CT molecular complexity index is 994. The third-order valence-corrected chi connectivity index (χ3v) is 5.96. The minimum absolute atomic E-state index is 0.294. The SMILES string of the molecule is O=C(C1CC1)N1CCC(c2nc(-c3ccccc3)ncc2-c2ccncc2)CC1. The number of benzene rings is 1. The van der Waals surface area contributed by atoms with Crippen molar-refractivity contribution >= 4 is 5.91 Å². The van der Waals surface area contributed by atoms with Crippen LogP contribution in [0.2, 0.25) is 0 Å². The Balaban J connectivity index is 1.47. The van der Waals surface area contributed by atoms with E-state index in [4.69, 9.17) is 4.98 Å². The Kier molecular flexibility index (Phi) is 4.80. The molecule has 0 N–H and O–H groups in total. The fourth-order valence-electron chi connectivity index (χ4n) is 4.15. The molecule has 3 aromatic rings. The molecule has 2 aliphatic rings. The number of nitrogens with zero attached hydrogens (tertiary/aromatic N) is 4. The lowest BCUT2D eigenvalue weighted by molar-refractivity contribution is -0.133. The number of likely N-dealkylation sites (tertiary alicyclic amines) is 1. The zero-order chi connectivity index (χ0) is 19.6. The van der Waals surface area contributed by atoms with Gasteiger partial charge in [0.15, 0.2) is 5.82 Å². The minimum atomic E-state index is 0.294. The highest BCUT2D eigenvalue weighted by Gasteiger charge is 2.35. The van der Waals surface area contributed by atoms with Gasteiger partial charge in [-0.05, 0) is 43.4 Å². The summed E-state index contributed by atoms with van der Waals surface area (Å²) in [5.41, 5.74) is 4.27. The van der Waals surface area contributed by atoms with Crippen LogP contribution in [0.4, 0.5) is 0 Å². The molecule has 1 saturated carbocycles. The number of aromatic nitrogens is 3. The molecule has 1 aliphatic heterocycles.